The van der Waals surface area contributed by atoms with Crippen LogP contribution in [-0.4, -0.2) is 12.5 Å². The molecule has 174 valence electrons. The van der Waals surface area contributed by atoms with Gasteiger partial charge in [0.15, 0.2) is 0 Å². The van der Waals surface area contributed by atoms with Crippen LogP contribution in [0.25, 0.3) is 27.7 Å². The lowest BCUT2D eigenvalue weighted by molar-refractivity contribution is -0.116. The van der Waals surface area contributed by atoms with Crippen LogP contribution >= 0.6 is 0 Å². The monoisotopic (exact) mass is 453 g/mol. The zero-order chi connectivity index (χ0) is 24.2. The van der Waals surface area contributed by atoms with Gasteiger partial charge in [0.1, 0.15) is 11.3 Å². The number of carbonyl (C=O) groups excluding carboxylic acids is 1. The van der Waals surface area contributed by atoms with Crippen LogP contribution in [0.15, 0.2) is 71.4 Å². The molecule has 1 N–H and O–H groups in total. The van der Waals surface area contributed by atoms with E-state index in [-0.39, 0.29) is 5.91 Å². The van der Waals surface area contributed by atoms with Crippen molar-refractivity contribution in [1.29, 1.82) is 0 Å². The number of aryl methyl sites for hydroxylation is 3. The summed E-state index contributed by atoms with van der Waals surface area (Å²) >= 11 is 0. The summed E-state index contributed by atoms with van der Waals surface area (Å²) in [6.07, 6.45) is 3.46. The van der Waals surface area contributed by atoms with E-state index in [0.717, 1.165) is 50.1 Å². The van der Waals surface area contributed by atoms with Crippen LogP contribution in [0.1, 0.15) is 41.7 Å². The molecule has 0 spiro atoms. The number of furan rings is 1. The van der Waals surface area contributed by atoms with Gasteiger partial charge in [-0.15, -0.1) is 0 Å². The Morgan fingerprint density at radius 2 is 1.79 bits per heavy atom. The zero-order valence-corrected chi connectivity index (χ0v) is 20.5. The van der Waals surface area contributed by atoms with Crippen molar-refractivity contribution in [3.63, 3.8) is 0 Å². The lowest BCUT2D eigenvalue weighted by atomic mass is 9.94. The molecule has 0 bridgehead atoms. The maximum Gasteiger partial charge on any atom is 0.244 e. The van der Waals surface area contributed by atoms with E-state index >= 15 is 0 Å². The molecule has 4 rings (SSSR count). The summed E-state index contributed by atoms with van der Waals surface area (Å²) in [7, 11) is 0. The Bertz CT molecular complexity index is 1360. The third-order valence-electron chi connectivity index (χ3n) is 6.09. The standard InChI is InChI=1S/C30H31NO3/c1-6-33-29-22(5)30-26(27(18-34-30)24-13-12-19(2)14-20(24)3)16-25(29)21(4)15-28(32)31-17-23-10-8-7-9-11-23/h7-16,18H,6,17H2,1-5H3,(H,31,32)/b21-15+. The highest BCUT2D eigenvalue weighted by Gasteiger charge is 2.20. The van der Waals surface area contributed by atoms with Crippen LogP contribution in [0.5, 0.6) is 5.75 Å². The van der Waals surface area contributed by atoms with E-state index in [9.17, 15) is 4.79 Å². The van der Waals surface area contributed by atoms with Gasteiger partial charge < -0.3 is 14.5 Å². The minimum atomic E-state index is -0.136. The first-order valence-corrected chi connectivity index (χ1v) is 11.6. The SMILES string of the molecule is CCOc1c(/C(C)=C/C(=O)NCc2ccccc2)cc2c(-c3ccc(C)cc3C)coc2c1C. The number of hydrogen-bond donors (Lipinski definition) is 1. The van der Waals surface area contributed by atoms with Gasteiger partial charge in [-0.1, -0.05) is 54.1 Å². The molecule has 1 aromatic heterocycles. The number of ether oxygens (including phenoxy) is 1. The molecule has 0 aliphatic heterocycles. The van der Waals surface area contributed by atoms with Crippen LogP contribution in [0, 0.1) is 20.8 Å². The Morgan fingerprint density at radius 3 is 2.50 bits per heavy atom. The van der Waals surface area contributed by atoms with E-state index in [1.807, 2.05) is 57.4 Å². The smallest absolute Gasteiger partial charge is 0.244 e. The fourth-order valence-corrected chi connectivity index (χ4v) is 4.37. The fourth-order valence-electron chi connectivity index (χ4n) is 4.37. The van der Waals surface area contributed by atoms with Gasteiger partial charge in [0.2, 0.25) is 5.91 Å². The van der Waals surface area contributed by atoms with Gasteiger partial charge in [-0.3, -0.25) is 4.79 Å². The molecule has 0 fully saturated rings. The van der Waals surface area contributed by atoms with Gasteiger partial charge in [-0.05, 0) is 62.9 Å². The molecular weight excluding hydrogens is 422 g/mol. The number of carbonyl (C=O) groups is 1. The maximum absolute atomic E-state index is 12.7. The minimum absolute atomic E-state index is 0.136. The molecule has 4 nitrogen and oxygen atoms in total. The Labute approximate surface area is 201 Å². The van der Waals surface area contributed by atoms with E-state index < -0.39 is 0 Å². The summed E-state index contributed by atoms with van der Waals surface area (Å²) in [5.41, 5.74) is 9.15. The number of allylic oxidation sites excluding steroid dienone is 1. The average Bonchev–Trinajstić information content (AvgIpc) is 3.24. The summed E-state index contributed by atoms with van der Waals surface area (Å²) < 4.78 is 12.1. The van der Waals surface area contributed by atoms with E-state index in [2.05, 4.69) is 43.4 Å². The van der Waals surface area contributed by atoms with Crippen molar-refractivity contribution in [1.82, 2.24) is 5.32 Å². The first-order valence-electron chi connectivity index (χ1n) is 11.6. The van der Waals surface area contributed by atoms with Gasteiger partial charge in [0.25, 0.3) is 0 Å². The summed E-state index contributed by atoms with van der Waals surface area (Å²) in [5, 5.41) is 3.99. The molecule has 0 aliphatic carbocycles. The zero-order valence-electron chi connectivity index (χ0n) is 20.5. The van der Waals surface area contributed by atoms with Gasteiger partial charge >= 0.3 is 0 Å². The molecule has 0 saturated heterocycles. The predicted molar refractivity (Wildman–Crippen MR) is 139 cm³/mol. The number of amides is 1. The Balaban J connectivity index is 1.74. The molecule has 0 saturated carbocycles. The van der Waals surface area contributed by atoms with Crippen molar-refractivity contribution >= 4 is 22.4 Å². The van der Waals surface area contributed by atoms with Crippen LogP contribution in [0.3, 0.4) is 0 Å². The minimum Gasteiger partial charge on any atom is -0.493 e. The quantitative estimate of drug-likeness (QED) is 0.303. The molecule has 4 aromatic rings. The molecule has 1 amide bonds. The first kappa shape index (κ1) is 23.4. The number of nitrogens with one attached hydrogen (secondary N) is 1. The highest BCUT2D eigenvalue weighted by molar-refractivity contribution is 6.02. The maximum atomic E-state index is 12.7. The number of rotatable bonds is 7. The van der Waals surface area contributed by atoms with Gasteiger partial charge in [-0.2, -0.15) is 0 Å². The second-order valence-corrected chi connectivity index (χ2v) is 8.69. The lowest BCUT2D eigenvalue weighted by Gasteiger charge is -2.15. The number of fused-ring (bicyclic) bond motifs is 1. The van der Waals surface area contributed by atoms with E-state index in [4.69, 9.17) is 9.15 Å². The Hall–Kier alpha value is -3.79. The molecule has 4 heteroatoms. The third-order valence-corrected chi connectivity index (χ3v) is 6.09. The van der Waals surface area contributed by atoms with E-state index in [1.165, 1.54) is 11.1 Å². The van der Waals surface area contributed by atoms with Crippen LogP contribution < -0.4 is 10.1 Å². The average molecular weight is 454 g/mol. The highest BCUT2D eigenvalue weighted by Crippen LogP contribution is 2.41. The Morgan fingerprint density at radius 1 is 1.03 bits per heavy atom. The largest absolute Gasteiger partial charge is 0.493 e. The summed E-state index contributed by atoms with van der Waals surface area (Å²) in [6, 6.07) is 18.4. The fraction of sp³-hybridized carbons (Fsp3) is 0.233. The third kappa shape index (κ3) is 4.76. The molecule has 34 heavy (non-hydrogen) atoms. The van der Waals surface area contributed by atoms with Gasteiger partial charge in [0.05, 0.1) is 12.9 Å². The topological polar surface area (TPSA) is 51.5 Å². The van der Waals surface area contributed by atoms with Gasteiger partial charge in [0, 0.05) is 34.7 Å². The molecule has 1 heterocycles. The summed E-state index contributed by atoms with van der Waals surface area (Å²) in [5.74, 6) is 0.615. The number of hydrogen-bond acceptors (Lipinski definition) is 3. The molecular formula is C30H31NO3. The summed E-state index contributed by atoms with van der Waals surface area (Å²) in [6.45, 7) is 11.1. The van der Waals surface area contributed by atoms with Crippen molar-refractivity contribution in [2.75, 3.05) is 6.61 Å². The Kier molecular flexibility index (Phi) is 6.87. The normalized spacial score (nSPS) is 11.6. The summed E-state index contributed by atoms with van der Waals surface area (Å²) in [4.78, 5) is 12.7. The van der Waals surface area contributed by atoms with Crippen LogP contribution in [0.2, 0.25) is 0 Å². The first-order chi connectivity index (χ1) is 16.4. The van der Waals surface area contributed by atoms with Crippen LogP contribution in [-0.2, 0) is 11.3 Å². The van der Waals surface area contributed by atoms with E-state index in [0.29, 0.717) is 13.2 Å². The van der Waals surface area contributed by atoms with Crippen molar-refractivity contribution in [3.8, 4) is 16.9 Å². The molecule has 0 unspecified atom stereocenters. The molecule has 0 aliphatic rings. The molecule has 0 atom stereocenters. The highest BCUT2D eigenvalue weighted by atomic mass is 16.5. The van der Waals surface area contributed by atoms with Crippen molar-refractivity contribution in [3.05, 3.63) is 94.8 Å². The van der Waals surface area contributed by atoms with Crippen LogP contribution in [0.4, 0.5) is 0 Å². The van der Waals surface area contributed by atoms with Gasteiger partial charge in [-0.25, -0.2) is 0 Å². The van der Waals surface area contributed by atoms with E-state index in [1.54, 1.807) is 6.08 Å². The molecule has 3 aromatic carbocycles. The second-order valence-electron chi connectivity index (χ2n) is 8.69. The number of benzene rings is 3. The lowest BCUT2D eigenvalue weighted by Crippen LogP contribution is -2.20. The van der Waals surface area contributed by atoms with Crippen molar-refractivity contribution in [2.24, 2.45) is 0 Å². The predicted octanol–water partition coefficient (Wildman–Crippen LogP) is 7.14. The second kappa shape index (κ2) is 10.0. The van der Waals surface area contributed by atoms with Crippen molar-refractivity contribution in [2.45, 2.75) is 41.2 Å². The van der Waals surface area contributed by atoms with Crippen molar-refractivity contribution < 1.29 is 13.9 Å². The molecule has 0 radical (unpaired) electrons.